The summed E-state index contributed by atoms with van der Waals surface area (Å²) in [5.41, 5.74) is 1.44. The van der Waals surface area contributed by atoms with Crippen molar-refractivity contribution in [1.82, 2.24) is 14.5 Å². The lowest BCUT2D eigenvalue weighted by molar-refractivity contribution is 0.0589. The zero-order chi connectivity index (χ0) is 11.4. The van der Waals surface area contributed by atoms with Crippen LogP contribution in [-0.2, 0) is 11.3 Å². The van der Waals surface area contributed by atoms with Gasteiger partial charge in [-0.1, -0.05) is 6.07 Å². The van der Waals surface area contributed by atoms with E-state index < -0.39 is 0 Å². The fourth-order valence-corrected chi connectivity index (χ4v) is 1.41. The van der Waals surface area contributed by atoms with Crippen molar-refractivity contribution in [3.63, 3.8) is 0 Å². The zero-order valence-electron chi connectivity index (χ0n) is 8.83. The number of carbonyl (C=O) groups is 1. The summed E-state index contributed by atoms with van der Waals surface area (Å²) in [7, 11) is 1.35. The molecule has 2 rings (SSSR count). The highest BCUT2D eigenvalue weighted by Crippen LogP contribution is 2.06. The van der Waals surface area contributed by atoms with E-state index in [4.69, 9.17) is 0 Å². The standard InChI is InChI=1S/C11H11N3O2/c1-16-11(15)10-6-13-8-14(10)7-9-3-2-4-12-5-9/h2-6,8H,7H2,1H3. The van der Waals surface area contributed by atoms with E-state index in [1.807, 2.05) is 12.1 Å². The first-order chi connectivity index (χ1) is 7.81. The summed E-state index contributed by atoms with van der Waals surface area (Å²) in [5.74, 6) is -0.388. The third-order valence-electron chi connectivity index (χ3n) is 2.18. The van der Waals surface area contributed by atoms with Gasteiger partial charge in [-0.3, -0.25) is 4.98 Å². The minimum absolute atomic E-state index is 0.388. The summed E-state index contributed by atoms with van der Waals surface area (Å²) in [6, 6.07) is 3.79. The van der Waals surface area contributed by atoms with E-state index in [0.29, 0.717) is 12.2 Å². The molecule has 16 heavy (non-hydrogen) atoms. The first-order valence-electron chi connectivity index (χ1n) is 4.78. The Morgan fingerprint density at radius 1 is 1.44 bits per heavy atom. The Balaban J connectivity index is 2.22. The summed E-state index contributed by atoms with van der Waals surface area (Å²) in [6.45, 7) is 0.554. The second-order valence-corrected chi connectivity index (χ2v) is 3.26. The number of hydrogen-bond donors (Lipinski definition) is 0. The van der Waals surface area contributed by atoms with Crippen molar-refractivity contribution < 1.29 is 9.53 Å². The number of ether oxygens (including phenoxy) is 1. The Morgan fingerprint density at radius 2 is 2.31 bits per heavy atom. The van der Waals surface area contributed by atoms with Crippen LogP contribution in [0.5, 0.6) is 0 Å². The Morgan fingerprint density at radius 3 is 3.00 bits per heavy atom. The molecule has 2 aromatic heterocycles. The van der Waals surface area contributed by atoms with Crippen molar-refractivity contribution in [1.29, 1.82) is 0 Å². The van der Waals surface area contributed by atoms with Crippen molar-refractivity contribution in [2.75, 3.05) is 7.11 Å². The lowest BCUT2D eigenvalue weighted by atomic mass is 10.3. The lowest BCUT2D eigenvalue weighted by Gasteiger charge is -2.05. The fraction of sp³-hybridized carbons (Fsp3) is 0.182. The largest absolute Gasteiger partial charge is 0.464 e. The van der Waals surface area contributed by atoms with Gasteiger partial charge in [0.1, 0.15) is 5.69 Å². The summed E-state index contributed by atoms with van der Waals surface area (Å²) < 4.78 is 6.38. The number of pyridine rings is 1. The van der Waals surface area contributed by atoms with Crippen LogP contribution >= 0.6 is 0 Å². The van der Waals surface area contributed by atoms with Crippen LogP contribution in [-0.4, -0.2) is 27.6 Å². The van der Waals surface area contributed by atoms with Crippen LogP contribution in [0.1, 0.15) is 16.1 Å². The molecule has 82 valence electrons. The molecular weight excluding hydrogens is 206 g/mol. The van der Waals surface area contributed by atoms with E-state index in [1.165, 1.54) is 13.3 Å². The second-order valence-electron chi connectivity index (χ2n) is 3.26. The van der Waals surface area contributed by atoms with E-state index in [2.05, 4.69) is 14.7 Å². The van der Waals surface area contributed by atoms with Crippen LogP contribution in [0.25, 0.3) is 0 Å². The van der Waals surface area contributed by atoms with Crippen LogP contribution in [0.4, 0.5) is 0 Å². The molecule has 0 unspecified atom stereocenters. The lowest BCUT2D eigenvalue weighted by Crippen LogP contribution is -2.10. The molecule has 0 radical (unpaired) electrons. The van der Waals surface area contributed by atoms with Crippen molar-refractivity contribution in [2.24, 2.45) is 0 Å². The van der Waals surface area contributed by atoms with Gasteiger partial charge >= 0.3 is 5.97 Å². The molecule has 0 spiro atoms. The Labute approximate surface area is 92.7 Å². The molecule has 0 N–H and O–H groups in total. The Bertz CT molecular complexity index is 479. The molecule has 0 aliphatic rings. The molecule has 2 heterocycles. The number of rotatable bonds is 3. The molecule has 0 aliphatic heterocycles. The molecule has 0 amide bonds. The molecule has 0 aliphatic carbocycles. The quantitative estimate of drug-likeness (QED) is 0.723. The average molecular weight is 217 g/mol. The minimum atomic E-state index is -0.388. The van der Waals surface area contributed by atoms with Crippen LogP contribution in [0.3, 0.4) is 0 Å². The number of hydrogen-bond acceptors (Lipinski definition) is 4. The molecule has 5 nitrogen and oxygen atoms in total. The number of esters is 1. The summed E-state index contributed by atoms with van der Waals surface area (Å²) in [6.07, 6.45) is 6.54. The first kappa shape index (κ1) is 10.4. The monoisotopic (exact) mass is 217 g/mol. The Hall–Kier alpha value is -2.17. The van der Waals surface area contributed by atoms with Crippen molar-refractivity contribution in [2.45, 2.75) is 6.54 Å². The van der Waals surface area contributed by atoms with Crippen LogP contribution in [0.15, 0.2) is 37.1 Å². The van der Waals surface area contributed by atoms with Crippen molar-refractivity contribution in [3.8, 4) is 0 Å². The van der Waals surface area contributed by atoms with Crippen LogP contribution in [0, 0.1) is 0 Å². The number of carbonyl (C=O) groups excluding carboxylic acids is 1. The van der Waals surface area contributed by atoms with Gasteiger partial charge in [0.25, 0.3) is 0 Å². The van der Waals surface area contributed by atoms with Crippen LogP contribution in [0.2, 0.25) is 0 Å². The third kappa shape index (κ3) is 2.08. The third-order valence-corrected chi connectivity index (χ3v) is 2.18. The molecule has 0 saturated heterocycles. The van der Waals surface area contributed by atoms with Gasteiger partial charge in [0.05, 0.1) is 26.2 Å². The topological polar surface area (TPSA) is 57.0 Å². The van der Waals surface area contributed by atoms with Crippen LogP contribution < -0.4 is 0 Å². The molecule has 0 atom stereocenters. The van der Waals surface area contributed by atoms with Crippen molar-refractivity contribution in [3.05, 3.63) is 48.3 Å². The summed E-state index contributed by atoms with van der Waals surface area (Å²) >= 11 is 0. The number of imidazole rings is 1. The average Bonchev–Trinajstić information content (AvgIpc) is 2.77. The number of methoxy groups -OCH3 is 1. The molecule has 0 bridgehead atoms. The maximum Gasteiger partial charge on any atom is 0.356 e. The second kappa shape index (κ2) is 4.57. The molecule has 0 aromatic carbocycles. The SMILES string of the molecule is COC(=O)c1cncn1Cc1cccnc1. The predicted octanol–water partition coefficient (Wildman–Crippen LogP) is 1.11. The van der Waals surface area contributed by atoms with Gasteiger partial charge in [0.15, 0.2) is 0 Å². The smallest absolute Gasteiger partial charge is 0.356 e. The van der Waals surface area contributed by atoms with Gasteiger partial charge in [0, 0.05) is 12.4 Å². The molecule has 5 heteroatoms. The van der Waals surface area contributed by atoms with E-state index >= 15 is 0 Å². The van der Waals surface area contributed by atoms with Gasteiger partial charge in [0.2, 0.25) is 0 Å². The van der Waals surface area contributed by atoms with E-state index in [1.54, 1.807) is 23.3 Å². The van der Waals surface area contributed by atoms with E-state index in [0.717, 1.165) is 5.56 Å². The van der Waals surface area contributed by atoms with Gasteiger partial charge in [-0.25, -0.2) is 9.78 Å². The molecule has 0 fully saturated rings. The fourth-order valence-electron chi connectivity index (χ4n) is 1.41. The maximum atomic E-state index is 11.4. The van der Waals surface area contributed by atoms with E-state index in [9.17, 15) is 4.79 Å². The maximum absolute atomic E-state index is 11.4. The van der Waals surface area contributed by atoms with Gasteiger partial charge in [-0.15, -0.1) is 0 Å². The Kier molecular flexibility index (Phi) is 2.95. The van der Waals surface area contributed by atoms with Crippen molar-refractivity contribution >= 4 is 5.97 Å². The normalized spacial score (nSPS) is 10.1. The predicted molar refractivity (Wildman–Crippen MR) is 56.9 cm³/mol. The van der Waals surface area contributed by atoms with Gasteiger partial charge < -0.3 is 9.30 Å². The minimum Gasteiger partial charge on any atom is -0.464 e. The first-order valence-corrected chi connectivity index (χ1v) is 4.78. The van der Waals surface area contributed by atoms with E-state index in [-0.39, 0.29) is 5.97 Å². The number of aromatic nitrogens is 3. The highest BCUT2D eigenvalue weighted by Gasteiger charge is 2.11. The molecule has 2 aromatic rings. The molecular formula is C11H11N3O2. The summed E-state index contributed by atoms with van der Waals surface area (Å²) in [4.78, 5) is 19.3. The van der Waals surface area contributed by atoms with Gasteiger partial charge in [-0.2, -0.15) is 0 Å². The van der Waals surface area contributed by atoms with Gasteiger partial charge in [-0.05, 0) is 11.6 Å². The molecule has 0 saturated carbocycles. The highest BCUT2D eigenvalue weighted by molar-refractivity contribution is 5.87. The summed E-state index contributed by atoms with van der Waals surface area (Å²) in [5, 5.41) is 0. The zero-order valence-corrected chi connectivity index (χ0v) is 8.83. The highest BCUT2D eigenvalue weighted by atomic mass is 16.5. The number of nitrogens with zero attached hydrogens (tertiary/aromatic N) is 3.